The highest BCUT2D eigenvalue weighted by Crippen LogP contribution is 2.26. The van der Waals surface area contributed by atoms with Crippen molar-refractivity contribution in [2.75, 3.05) is 27.2 Å². The van der Waals surface area contributed by atoms with Crippen molar-refractivity contribution in [3.05, 3.63) is 34.2 Å². The van der Waals surface area contributed by atoms with E-state index >= 15 is 0 Å². The first kappa shape index (κ1) is 18.5. The predicted octanol–water partition coefficient (Wildman–Crippen LogP) is 1.67. The molecule has 0 spiro atoms. The lowest BCUT2D eigenvalue weighted by Gasteiger charge is -2.23. The molecule has 1 aliphatic rings. The Morgan fingerprint density at radius 1 is 1.33 bits per heavy atom. The van der Waals surface area contributed by atoms with E-state index in [1.807, 2.05) is 21.0 Å². The molecular formula is C16H22F3N3O2. The van der Waals surface area contributed by atoms with Crippen molar-refractivity contribution >= 4 is 5.91 Å². The van der Waals surface area contributed by atoms with Crippen LogP contribution in [-0.2, 0) is 17.5 Å². The summed E-state index contributed by atoms with van der Waals surface area (Å²) in [6.07, 6.45) is -2.59. The normalized spacial score (nSPS) is 21.5. The van der Waals surface area contributed by atoms with Gasteiger partial charge < -0.3 is 14.4 Å². The van der Waals surface area contributed by atoms with Crippen molar-refractivity contribution in [2.24, 2.45) is 5.92 Å². The van der Waals surface area contributed by atoms with Gasteiger partial charge in [0.1, 0.15) is 12.1 Å². The third-order valence-electron chi connectivity index (χ3n) is 4.58. The Morgan fingerprint density at radius 2 is 2.00 bits per heavy atom. The quantitative estimate of drug-likeness (QED) is 0.834. The van der Waals surface area contributed by atoms with Crippen LogP contribution in [0.1, 0.15) is 18.9 Å². The zero-order valence-electron chi connectivity index (χ0n) is 14.0. The number of carbonyl (C=O) groups is 1. The fourth-order valence-electron chi connectivity index (χ4n) is 3.17. The molecule has 2 atom stereocenters. The van der Waals surface area contributed by atoms with Crippen LogP contribution in [0, 0.1) is 5.92 Å². The number of hydrogen-bond donors (Lipinski definition) is 0. The maximum atomic E-state index is 12.8. The number of nitrogens with zero attached hydrogens (tertiary/aromatic N) is 3. The molecule has 24 heavy (non-hydrogen) atoms. The zero-order chi connectivity index (χ0) is 18.1. The highest BCUT2D eigenvalue weighted by molar-refractivity contribution is 5.76. The van der Waals surface area contributed by atoms with E-state index in [9.17, 15) is 22.8 Å². The maximum Gasteiger partial charge on any atom is 0.421 e. The van der Waals surface area contributed by atoms with Gasteiger partial charge in [0.05, 0.1) is 0 Å². The number of alkyl halides is 3. The van der Waals surface area contributed by atoms with Gasteiger partial charge in [-0.1, -0.05) is 13.3 Å². The molecule has 0 aliphatic carbocycles. The van der Waals surface area contributed by atoms with Crippen LogP contribution in [0.15, 0.2) is 23.1 Å². The summed E-state index contributed by atoms with van der Waals surface area (Å²) in [6.45, 7) is 2.76. The van der Waals surface area contributed by atoms with E-state index in [-0.39, 0.29) is 18.5 Å². The van der Waals surface area contributed by atoms with E-state index in [0.29, 0.717) is 19.0 Å². The summed E-state index contributed by atoms with van der Waals surface area (Å²) in [7, 11) is 3.89. The summed E-state index contributed by atoms with van der Waals surface area (Å²) in [5, 5.41) is 0. The SMILES string of the molecule is CC[C@H]1CN(C(=O)Cn2cccc(C(F)(F)F)c2=O)C[C@H]1N(C)C. The van der Waals surface area contributed by atoms with Crippen molar-refractivity contribution in [3.8, 4) is 0 Å². The number of likely N-dealkylation sites (tertiary alicyclic amines) is 1. The molecule has 0 radical (unpaired) electrons. The number of pyridine rings is 1. The van der Waals surface area contributed by atoms with Gasteiger partial charge in [-0.2, -0.15) is 13.2 Å². The summed E-state index contributed by atoms with van der Waals surface area (Å²) >= 11 is 0. The van der Waals surface area contributed by atoms with Crippen LogP contribution in [0.5, 0.6) is 0 Å². The highest BCUT2D eigenvalue weighted by Gasteiger charge is 2.36. The monoisotopic (exact) mass is 345 g/mol. The fourth-order valence-corrected chi connectivity index (χ4v) is 3.17. The van der Waals surface area contributed by atoms with Crippen molar-refractivity contribution in [1.82, 2.24) is 14.4 Å². The first-order valence-electron chi connectivity index (χ1n) is 7.86. The molecular weight excluding hydrogens is 323 g/mol. The molecule has 8 heteroatoms. The van der Waals surface area contributed by atoms with Gasteiger partial charge in [0.25, 0.3) is 5.56 Å². The van der Waals surface area contributed by atoms with Crippen molar-refractivity contribution in [3.63, 3.8) is 0 Å². The molecule has 0 bridgehead atoms. The van der Waals surface area contributed by atoms with Crippen molar-refractivity contribution in [1.29, 1.82) is 0 Å². The van der Waals surface area contributed by atoms with Crippen LogP contribution in [0.4, 0.5) is 13.2 Å². The van der Waals surface area contributed by atoms with Crippen molar-refractivity contribution < 1.29 is 18.0 Å². The summed E-state index contributed by atoms with van der Waals surface area (Å²) < 4.78 is 39.2. The zero-order valence-corrected chi connectivity index (χ0v) is 14.0. The van der Waals surface area contributed by atoms with Crippen LogP contribution in [0.3, 0.4) is 0 Å². The summed E-state index contributed by atoms with van der Waals surface area (Å²) in [4.78, 5) is 28.0. The summed E-state index contributed by atoms with van der Waals surface area (Å²) in [5.41, 5.74) is -2.44. The standard InChI is InChI=1S/C16H22F3N3O2/c1-4-11-8-22(9-13(11)20(2)3)14(23)10-21-7-5-6-12(15(21)24)16(17,18)19/h5-7,11,13H,4,8-10H2,1-3H3/t11-,13+/m0/s1. The molecule has 134 valence electrons. The molecule has 0 unspecified atom stereocenters. The molecule has 1 fully saturated rings. The predicted molar refractivity (Wildman–Crippen MR) is 83.5 cm³/mol. The lowest BCUT2D eigenvalue weighted by molar-refractivity contribution is -0.139. The lowest BCUT2D eigenvalue weighted by Crippen LogP contribution is -2.39. The Bertz CT molecular complexity index is 655. The molecule has 5 nitrogen and oxygen atoms in total. The van der Waals surface area contributed by atoms with Crippen molar-refractivity contribution in [2.45, 2.75) is 32.1 Å². The van der Waals surface area contributed by atoms with E-state index in [1.165, 1.54) is 6.20 Å². The van der Waals surface area contributed by atoms with Crippen LogP contribution in [-0.4, -0.2) is 53.5 Å². The van der Waals surface area contributed by atoms with E-state index in [1.54, 1.807) is 4.90 Å². The average molecular weight is 345 g/mol. The molecule has 1 aromatic rings. The van der Waals surface area contributed by atoms with E-state index in [0.717, 1.165) is 23.1 Å². The van der Waals surface area contributed by atoms with Gasteiger partial charge in [-0.3, -0.25) is 9.59 Å². The molecule has 2 rings (SSSR count). The second-order valence-corrected chi connectivity index (χ2v) is 6.35. The number of hydrogen-bond acceptors (Lipinski definition) is 3. The van der Waals surface area contributed by atoms with E-state index < -0.39 is 17.3 Å². The van der Waals surface area contributed by atoms with Crippen LogP contribution < -0.4 is 5.56 Å². The first-order chi connectivity index (χ1) is 11.1. The number of carbonyl (C=O) groups excluding carboxylic acids is 1. The third-order valence-corrected chi connectivity index (χ3v) is 4.58. The van der Waals surface area contributed by atoms with Gasteiger partial charge in [0.15, 0.2) is 0 Å². The number of likely N-dealkylation sites (N-methyl/N-ethyl adjacent to an activating group) is 1. The van der Waals surface area contributed by atoms with Crippen LogP contribution >= 0.6 is 0 Å². The van der Waals surface area contributed by atoms with E-state index in [2.05, 4.69) is 4.90 Å². The van der Waals surface area contributed by atoms with Crippen LogP contribution in [0.2, 0.25) is 0 Å². The first-order valence-corrected chi connectivity index (χ1v) is 7.86. The van der Waals surface area contributed by atoms with Gasteiger partial charge in [0.2, 0.25) is 5.91 Å². The van der Waals surface area contributed by atoms with Gasteiger partial charge in [-0.25, -0.2) is 0 Å². The van der Waals surface area contributed by atoms with E-state index in [4.69, 9.17) is 0 Å². The third kappa shape index (κ3) is 3.80. The number of aromatic nitrogens is 1. The molecule has 0 aromatic carbocycles. The van der Waals surface area contributed by atoms with Gasteiger partial charge >= 0.3 is 6.18 Å². The minimum Gasteiger partial charge on any atom is -0.339 e. The largest absolute Gasteiger partial charge is 0.421 e. The fraction of sp³-hybridized carbons (Fsp3) is 0.625. The minimum absolute atomic E-state index is 0.220. The molecule has 1 amide bonds. The smallest absolute Gasteiger partial charge is 0.339 e. The second-order valence-electron chi connectivity index (χ2n) is 6.35. The second kappa shape index (κ2) is 6.96. The molecule has 2 heterocycles. The average Bonchev–Trinajstić information content (AvgIpc) is 2.92. The molecule has 1 saturated heterocycles. The Morgan fingerprint density at radius 3 is 2.50 bits per heavy atom. The molecule has 1 aliphatic heterocycles. The van der Waals surface area contributed by atoms with Gasteiger partial charge in [-0.15, -0.1) is 0 Å². The lowest BCUT2D eigenvalue weighted by atomic mass is 10.0. The molecule has 0 saturated carbocycles. The van der Waals surface area contributed by atoms with Crippen LogP contribution in [0.25, 0.3) is 0 Å². The molecule has 0 N–H and O–H groups in total. The Kier molecular flexibility index (Phi) is 5.37. The minimum atomic E-state index is -4.72. The maximum absolute atomic E-state index is 12.8. The van der Waals surface area contributed by atoms with Gasteiger partial charge in [-0.05, 0) is 32.1 Å². The topological polar surface area (TPSA) is 45.6 Å². The number of amides is 1. The number of rotatable bonds is 4. The Labute approximate surface area is 138 Å². The number of halogens is 3. The summed E-state index contributed by atoms with van der Waals surface area (Å²) in [5.74, 6) is -0.0126. The highest BCUT2D eigenvalue weighted by atomic mass is 19.4. The van der Waals surface area contributed by atoms with Gasteiger partial charge in [0, 0.05) is 25.3 Å². The Balaban J connectivity index is 2.15. The summed E-state index contributed by atoms with van der Waals surface area (Å²) in [6, 6.07) is 2.09. The molecule has 1 aromatic heterocycles. The Hall–Kier alpha value is -1.83.